The van der Waals surface area contributed by atoms with Crippen molar-refractivity contribution in [3.63, 3.8) is 0 Å². The summed E-state index contributed by atoms with van der Waals surface area (Å²) in [5, 5.41) is 11.4. The molecule has 21 heavy (non-hydrogen) atoms. The molecule has 2 aromatic carbocycles. The first-order valence-corrected chi connectivity index (χ1v) is 7.99. The van der Waals surface area contributed by atoms with Gasteiger partial charge in [-0.2, -0.15) is 0 Å². The number of aliphatic hydroxyl groups excluding tert-OH is 1. The van der Waals surface area contributed by atoms with E-state index in [-0.39, 0.29) is 0 Å². The first-order chi connectivity index (χ1) is 10.0. The molecule has 0 aliphatic heterocycles. The molecule has 1 unspecified atom stereocenters. The minimum Gasteiger partial charge on any atom is -0.496 e. The van der Waals surface area contributed by atoms with Gasteiger partial charge in [0.05, 0.1) is 17.7 Å². The maximum atomic E-state index is 10.3. The topological polar surface area (TPSA) is 29.5 Å². The third kappa shape index (κ3) is 4.36. The summed E-state index contributed by atoms with van der Waals surface area (Å²) in [5.74, 6) is 0.766. The van der Waals surface area contributed by atoms with E-state index in [1.807, 2.05) is 18.2 Å². The van der Waals surface area contributed by atoms with Crippen LogP contribution < -0.4 is 4.74 Å². The summed E-state index contributed by atoms with van der Waals surface area (Å²) in [6, 6.07) is 11.1. The van der Waals surface area contributed by atoms with Crippen molar-refractivity contribution in [3.05, 3.63) is 62.0 Å². The molecule has 0 aliphatic rings. The molecule has 0 amide bonds. The Balaban J connectivity index is 2.08. The predicted octanol–water partition coefficient (Wildman–Crippen LogP) is 4.91. The fourth-order valence-corrected chi connectivity index (χ4v) is 3.28. The van der Waals surface area contributed by atoms with Crippen LogP contribution in [0.1, 0.15) is 11.1 Å². The van der Waals surface area contributed by atoms with Gasteiger partial charge in [-0.3, -0.25) is 0 Å². The molecular formula is C16H15BrCl2O2. The molecule has 0 fully saturated rings. The second kappa shape index (κ2) is 7.50. The van der Waals surface area contributed by atoms with Crippen molar-refractivity contribution in [1.82, 2.24) is 0 Å². The lowest BCUT2D eigenvalue weighted by Crippen LogP contribution is -2.14. The number of ether oxygens (including phenoxy) is 1. The van der Waals surface area contributed by atoms with E-state index < -0.39 is 6.10 Å². The summed E-state index contributed by atoms with van der Waals surface area (Å²) in [6.45, 7) is 0. The van der Waals surface area contributed by atoms with Crippen molar-refractivity contribution in [3.8, 4) is 5.75 Å². The number of halogens is 3. The van der Waals surface area contributed by atoms with Gasteiger partial charge in [0.1, 0.15) is 5.75 Å². The smallest absolute Gasteiger partial charge is 0.133 e. The Kier molecular flexibility index (Phi) is 5.94. The first-order valence-electron chi connectivity index (χ1n) is 6.44. The highest BCUT2D eigenvalue weighted by atomic mass is 79.9. The third-order valence-corrected chi connectivity index (χ3v) is 4.52. The number of hydrogen-bond donors (Lipinski definition) is 1. The molecule has 2 aromatic rings. The van der Waals surface area contributed by atoms with Crippen LogP contribution in [-0.4, -0.2) is 18.3 Å². The fourth-order valence-electron chi connectivity index (χ4n) is 2.14. The van der Waals surface area contributed by atoms with Crippen LogP contribution in [-0.2, 0) is 12.8 Å². The Labute approximate surface area is 142 Å². The van der Waals surface area contributed by atoms with Gasteiger partial charge >= 0.3 is 0 Å². The van der Waals surface area contributed by atoms with Crippen LogP contribution in [0.25, 0.3) is 0 Å². The van der Waals surface area contributed by atoms with Gasteiger partial charge in [-0.05, 0) is 57.7 Å². The molecule has 2 nitrogen and oxygen atoms in total. The molecule has 112 valence electrons. The molecule has 0 saturated heterocycles. The van der Waals surface area contributed by atoms with E-state index >= 15 is 0 Å². The highest BCUT2D eigenvalue weighted by molar-refractivity contribution is 9.10. The van der Waals surface area contributed by atoms with Crippen LogP contribution in [0.2, 0.25) is 10.0 Å². The van der Waals surface area contributed by atoms with Crippen LogP contribution in [0.3, 0.4) is 0 Å². The normalized spacial score (nSPS) is 12.2. The van der Waals surface area contributed by atoms with E-state index in [4.69, 9.17) is 27.9 Å². The minimum absolute atomic E-state index is 0.419. The van der Waals surface area contributed by atoms with Crippen LogP contribution in [0.4, 0.5) is 0 Å². The number of hydrogen-bond acceptors (Lipinski definition) is 2. The van der Waals surface area contributed by atoms with Crippen molar-refractivity contribution in [1.29, 1.82) is 0 Å². The summed E-state index contributed by atoms with van der Waals surface area (Å²) >= 11 is 15.7. The molecule has 1 N–H and O–H groups in total. The van der Waals surface area contributed by atoms with E-state index in [2.05, 4.69) is 15.9 Å². The second-order valence-corrected chi connectivity index (χ2v) is 6.40. The molecule has 0 bridgehead atoms. The van der Waals surface area contributed by atoms with Gasteiger partial charge in [-0.25, -0.2) is 0 Å². The van der Waals surface area contributed by atoms with Gasteiger partial charge in [0.2, 0.25) is 0 Å². The Hall–Kier alpha value is -0.740. The maximum absolute atomic E-state index is 10.3. The van der Waals surface area contributed by atoms with Crippen LogP contribution in [0, 0.1) is 0 Å². The van der Waals surface area contributed by atoms with E-state index in [1.165, 1.54) is 0 Å². The zero-order valence-corrected chi connectivity index (χ0v) is 14.5. The molecule has 0 aromatic heterocycles. The lowest BCUT2D eigenvalue weighted by molar-refractivity contribution is 0.175. The van der Waals surface area contributed by atoms with Crippen molar-refractivity contribution < 1.29 is 9.84 Å². The second-order valence-electron chi connectivity index (χ2n) is 4.73. The highest BCUT2D eigenvalue weighted by Gasteiger charge is 2.13. The Bertz CT molecular complexity index is 611. The molecule has 1 atom stereocenters. The average Bonchev–Trinajstić information content (AvgIpc) is 2.43. The van der Waals surface area contributed by atoms with Crippen molar-refractivity contribution in [2.24, 2.45) is 0 Å². The Morgan fingerprint density at radius 1 is 1.14 bits per heavy atom. The first kappa shape index (κ1) is 16.6. The van der Waals surface area contributed by atoms with E-state index in [0.717, 1.165) is 21.3 Å². The average molecular weight is 390 g/mol. The van der Waals surface area contributed by atoms with E-state index in [1.54, 1.807) is 25.3 Å². The number of rotatable bonds is 5. The summed E-state index contributed by atoms with van der Waals surface area (Å²) < 4.78 is 6.05. The zero-order valence-electron chi connectivity index (χ0n) is 11.4. The monoisotopic (exact) mass is 388 g/mol. The van der Waals surface area contributed by atoms with Gasteiger partial charge in [0, 0.05) is 16.5 Å². The van der Waals surface area contributed by atoms with Crippen molar-refractivity contribution in [2.45, 2.75) is 18.9 Å². The van der Waals surface area contributed by atoms with Gasteiger partial charge in [0.15, 0.2) is 0 Å². The standard InChI is InChI=1S/C16H15BrCl2O2/c1-21-16-6-5-10(8-13(16)17)7-11(20)9-12-14(18)3-2-4-15(12)19/h2-6,8,11,20H,7,9H2,1H3. The number of aliphatic hydroxyl groups is 1. The van der Waals surface area contributed by atoms with Crippen LogP contribution >= 0.6 is 39.1 Å². The zero-order chi connectivity index (χ0) is 15.4. The SMILES string of the molecule is COc1ccc(CC(O)Cc2c(Cl)cccc2Cl)cc1Br. The molecule has 0 saturated carbocycles. The summed E-state index contributed by atoms with van der Waals surface area (Å²) in [6.07, 6.45) is 0.384. The fraction of sp³-hybridized carbons (Fsp3) is 0.250. The minimum atomic E-state index is -0.553. The van der Waals surface area contributed by atoms with Gasteiger partial charge in [0.25, 0.3) is 0 Å². The van der Waals surface area contributed by atoms with E-state index in [0.29, 0.717) is 22.9 Å². The van der Waals surface area contributed by atoms with Gasteiger partial charge in [-0.1, -0.05) is 35.3 Å². The largest absolute Gasteiger partial charge is 0.496 e. The van der Waals surface area contributed by atoms with E-state index in [9.17, 15) is 5.11 Å². The molecule has 5 heteroatoms. The van der Waals surface area contributed by atoms with Gasteiger partial charge < -0.3 is 9.84 Å². The summed E-state index contributed by atoms with van der Waals surface area (Å²) in [4.78, 5) is 0. The molecular weight excluding hydrogens is 375 g/mol. The third-order valence-electron chi connectivity index (χ3n) is 3.19. The number of methoxy groups -OCH3 is 1. The lowest BCUT2D eigenvalue weighted by Gasteiger charge is -2.14. The quantitative estimate of drug-likeness (QED) is 0.787. The Morgan fingerprint density at radius 2 is 1.81 bits per heavy atom. The summed E-state index contributed by atoms with van der Waals surface area (Å²) in [7, 11) is 1.62. The molecule has 0 radical (unpaired) electrons. The van der Waals surface area contributed by atoms with Gasteiger partial charge in [-0.15, -0.1) is 0 Å². The van der Waals surface area contributed by atoms with Crippen molar-refractivity contribution >= 4 is 39.1 Å². The van der Waals surface area contributed by atoms with Crippen LogP contribution in [0.5, 0.6) is 5.75 Å². The highest BCUT2D eigenvalue weighted by Crippen LogP contribution is 2.28. The summed E-state index contributed by atoms with van der Waals surface area (Å²) in [5.41, 5.74) is 1.79. The Morgan fingerprint density at radius 3 is 2.38 bits per heavy atom. The molecule has 2 rings (SSSR count). The lowest BCUT2D eigenvalue weighted by atomic mass is 10.0. The maximum Gasteiger partial charge on any atom is 0.133 e. The number of benzene rings is 2. The predicted molar refractivity (Wildman–Crippen MR) is 90.6 cm³/mol. The molecule has 0 spiro atoms. The van der Waals surface area contributed by atoms with Crippen LogP contribution in [0.15, 0.2) is 40.9 Å². The molecule has 0 heterocycles. The van der Waals surface area contributed by atoms with Crippen molar-refractivity contribution in [2.75, 3.05) is 7.11 Å². The molecule has 0 aliphatic carbocycles.